The van der Waals surface area contributed by atoms with Gasteiger partial charge in [-0.25, -0.2) is 81.2 Å². The number of carbonyl (C=O) groups is 7. The Kier molecular flexibility index (Phi) is 29.3. The van der Waals surface area contributed by atoms with Crippen LogP contribution < -0.4 is 0 Å². The van der Waals surface area contributed by atoms with Gasteiger partial charge >= 0.3 is 35.8 Å². The van der Waals surface area contributed by atoms with Crippen LogP contribution >= 0.6 is 0 Å². The second kappa shape index (κ2) is 34.0. The van der Waals surface area contributed by atoms with E-state index in [4.69, 9.17) is 29.2 Å². The van der Waals surface area contributed by atoms with Crippen molar-refractivity contribution >= 4 is 48.2 Å². The Labute approximate surface area is 487 Å². The first-order valence-corrected chi connectivity index (χ1v) is 24.8. The summed E-state index contributed by atoms with van der Waals surface area (Å²) in [4.78, 5) is 123. The molecule has 0 aliphatic carbocycles. The third-order valence-electron chi connectivity index (χ3n) is 8.23. The van der Waals surface area contributed by atoms with Crippen molar-refractivity contribution in [3.8, 4) is 0 Å². The first kappa shape index (κ1) is 73.2. The number of halogens is 4. The summed E-state index contributed by atoms with van der Waals surface area (Å²) in [6.07, 6.45) is 13.2. The van der Waals surface area contributed by atoms with E-state index in [0.29, 0.717) is 17.7 Å². The summed E-state index contributed by atoms with van der Waals surface area (Å²) < 4.78 is 68.4. The van der Waals surface area contributed by atoms with Crippen LogP contribution in [0.1, 0.15) is 198 Å². The molecule has 0 saturated heterocycles. The highest BCUT2D eigenvalue weighted by molar-refractivity contribution is 5.89. The van der Waals surface area contributed by atoms with Crippen molar-refractivity contribution in [1.82, 2.24) is 64.7 Å². The number of carboxylic acids is 2. The molecule has 0 radical (unpaired) electrons. The molecule has 30 heteroatoms. The number of nitrogens with zero attached hydrogens (tertiary/aromatic N) is 13. The maximum Gasteiger partial charge on any atom is 0.359 e. The zero-order valence-corrected chi connectivity index (χ0v) is 49.5. The van der Waals surface area contributed by atoms with Crippen LogP contribution in [-0.4, -0.2) is 154 Å². The Hall–Kier alpha value is -9.77. The van der Waals surface area contributed by atoms with Crippen LogP contribution in [0.25, 0.3) is 6.08 Å². The average molecular weight is 1190 g/mol. The molecule has 0 bridgehead atoms. The minimum absolute atomic E-state index is 0.0226. The molecular weight excluding hydrogens is 1130 g/mol. The molecule has 6 aromatic heterocycles. The summed E-state index contributed by atoms with van der Waals surface area (Å²) in [5.41, 5.74) is -0.779. The fraction of sp³-hybridized carbons (Fsp3) is 0.400. The van der Waals surface area contributed by atoms with Crippen LogP contribution in [0.2, 0.25) is 0 Å². The minimum atomic E-state index is -2.72. The van der Waals surface area contributed by atoms with E-state index in [1.54, 1.807) is 60.9 Å². The Balaban J connectivity index is 0.000000514. The smallest absolute Gasteiger partial charge is 0.359 e. The lowest BCUT2D eigenvalue weighted by Crippen LogP contribution is -2.24. The maximum atomic E-state index is 12.2. The van der Waals surface area contributed by atoms with Crippen LogP contribution in [0, 0.1) is 13.8 Å². The summed E-state index contributed by atoms with van der Waals surface area (Å²) in [5, 5.41) is 16.7. The molecule has 6 rings (SSSR count). The Morgan fingerprint density at radius 3 is 0.906 bits per heavy atom. The van der Waals surface area contributed by atoms with Gasteiger partial charge in [0.25, 0.3) is 12.9 Å². The number of aromatic carboxylic acids is 2. The first-order chi connectivity index (χ1) is 39.2. The van der Waals surface area contributed by atoms with E-state index in [1.807, 2.05) is 79.7 Å². The number of aldehydes is 1. The molecule has 0 aliphatic rings. The van der Waals surface area contributed by atoms with Gasteiger partial charge in [0, 0.05) is 32.7 Å². The van der Waals surface area contributed by atoms with Crippen molar-refractivity contribution in [1.29, 1.82) is 0 Å². The molecule has 6 aromatic rings. The molecule has 2 N–H and O–H groups in total. The Bertz CT molecular complexity index is 3120. The highest BCUT2D eigenvalue weighted by Crippen LogP contribution is 2.17. The van der Waals surface area contributed by atoms with Crippen molar-refractivity contribution in [2.45, 2.75) is 132 Å². The molecule has 6 heterocycles. The maximum absolute atomic E-state index is 12.2. The predicted molar refractivity (Wildman–Crippen MR) is 294 cm³/mol. The van der Waals surface area contributed by atoms with Gasteiger partial charge in [0.15, 0.2) is 40.4 Å². The summed E-state index contributed by atoms with van der Waals surface area (Å²) >= 11 is 0. The summed E-state index contributed by atoms with van der Waals surface area (Å²) in [7, 11) is 3.83. The van der Waals surface area contributed by atoms with Crippen molar-refractivity contribution in [2.24, 2.45) is 0 Å². The van der Waals surface area contributed by atoms with Gasteiger partial charge in [-0.05, 0) is 103 Å². The number of rotatable bonds is 11. The SMILES string of the molecule is CC(C)(C)OC(=O)c1cnc(C(F)F)cn1.CC(C)(C)OC(=O)c1cnc(C=O)cn1.CN(C)/C=C/c1cnc(C(=O)OC(C)(C)C)cn1.Cc1cnc(C(=O)O)cn1.Cc1cnc(C(=O)OC(C)(C)C)cn1.O=C(O)c1cnc(C(F)F)cn1. The number of hydrogen-bond acceptors (Lipinski definition) is 24. The molecule has 0 aliphatic heterocycles. The third-order valence-corrected chi connectivity index (χ3v) is 8.23. The molecule has 0 unspecified atom stereocenters. The van der Waals surface area contributed by atoms with Gasteiger partial charge in [-0.3, -0.25) is 29.7 Å². The molecule has 0 amide bonds. The summed E-state index contributed by atoms with van der Waals surface area (Å²) in [5.74, 6) is -4.47. The average Bonchev–Trinajstić information content (AvgIpc) is 3.52. The van der Waals surface area contributed by atoms with Gasteiger partial charge in [-0.1, -0.05) is 0 Å². The molecule has 0 saturated carbocycles. The number of alkyl halides is 4. The van der Waals surface area contributed by atoms with Gasteiger partial charge in [0.05, 0.1) is 79.1 Å². The van der Waals surface area contributed by atoms with Gasteiger partial charge in [-0.2, -0.15) is 0 Å². The monoisotopic (exact) mass is 1190 g/mol. The van der Waals surface area contributed by atoms with Crippen molar-refractivity contribution < 1.29 is 80.3 Å². The molecule has 0 fully saturated rings. The van der Waals surface area contributed by atoms with Crippen LogP contribution in [0.3, 0.4) is 0 Å². The second-order valence-electron chi connectivity index (χ2n) is 21.0. The Morgan fingerprint density at radius 1 is 0.412 bits per heavy atom. The van der Waals surface area contributed by atoms with Crippen LogP contribution in [0.4, 0.5) is 17.6 Å². The van der Waals surface area contributed by atoms with Gasteiger partial charge in [0.1, 0.15) is 39.5 Å². The highest BCUT2D eigenvalue weighted by atomic mass is 19.3. The number of carbonyl (C=O) groups excluding carboxylic acids is 5. The number of carboxylic acid groups (broad SMARTS) is 2. The quantitative estimate of drug-likeness (QED) is 0.0529. The Morgan fingerprint density at radius 2 is 0.682 bits per heavy atom. The molecule has 0 atom stereocenters. The fourth-order valence-electron chi connectivity index (χ4n) is 4.70. The number of ether oxygens (including phenoxy) is 4. The lowest BCUT2D eigenvalue weighted by Gasteiger charge is -2.18. The second-order valence-corrected chi connectivity index (χ2v) is 21.0. The predicted octanol–water partition coefficient (Wildman–Crippen LogP) is 8.91. The van der Waals surface area contributed by atoms with Crippen LogP contribution in [0.15, 0.2) is 80.6 Å². The molecule has 458 valence electrons. The number of hydrogen-bond donors (Lipinski definition) is 2. The van der Waals surface area contributed by atoms with E-state index in [1.165, 1.54) is 37.2 Å². The van der Waals surface area contributed by atoms with E-state index in [9.17, 15) is 51.1 Å². The molecule has 0 aromatic carbocycles. The van der Waals surface area contributed by atoms with Crippen molar-refractivity contribution in [3.63, 3.8) is 0 Å². The van der Waals surface area contributed by atoms with Gasteiger partial charge in [0.2, 0.25) is 0 Å². The van der Waals surface area contributed by atoms with Crippen molar-refractivity contribution in [2.75, 3.05) is 14.1 Å². The fourth-order valence-corrected chi connectivity index (χ4v) is 4.70. The summed E-state index contributed by atoms with van der Waals surface area (Å²) in [6, 6.07) is 0. The molecule has 0 spiro atoms. The van der Waals surface area contributed by atoms with Crippen molar-refractivity contribution in [3.05, 3.63) is 149 Å². The number of esters is 4. The van der Waals surface area contributed by atoms with Gasteiger partial charge < -0.3 is 34.1 Å². The topological polar surface area (TPSA) is 355 Å². The normalized spacial score (nSPS) is 10.9. The largest absolute Gasteiger partial charge is 0.476 e. The molecule has 26 nitrogen and oxygen atoms in total. The zero-order chi connectivity index (χ0) is 65.0. The lowest BCUT2D eigenvalue weighted by molar-refractivity contribution is 0.00496. The highest BCUT2D eigenvalue weighted by Gasteiger charge is 2.23. The van der Waals surface area contributed by atoms with E-state index >= 15 is 0 Å². The van der Waals surface area contributed by atoms with E-state index in [-0.39, 0.29) is 39.9 Å². The lowest BCUT2D eigenvalue weighted by atomic mass is 10.2. The van der Waals surface area contributed by atoms with E-state index in [2.05, 4.69) is 59.8 Å². The summed E-state index contributed by atoms with van der Waals surface area (Å²) in [6.45, 7) is 24.8. The zero-order valence-electron chi connectivity index (χ0n) is 49.5. The van der Waals surface area contributed by atoms with Gasteiger partial charge in [-0.15, -0.1) is 0 Å². The van der Waals surface area contributed by atoms with E-state index in [0.717, 1.165) is 30.5 Å². The molecule has 85 heavy (non-hydrogen) atoms. The van der Waals surface area contributed by atoms with Crippen LogP contribution in [-0.2, 0) is 18.9 Å². The number of aryl methyl sites for hydroxylation is 2. The van der Waals surface area contributed by atoms with Crippen LogP contribution in [0.5, 0.6) is 0 Å². The molecular formula is C55H67F4N13O13. The number of aromatic nitrogens is 12. The minimum Gasteiger partial charge on any atom is -0.476 e. The standard InChI is InChI=1S/C13H19N3O2.C10H12F2N2O2.C10H12N2O3.C10H14N2O2.C6H4F2N2O2.C6H6N2O2/c1-13(2,3)18-12(17)11-9-14-10(8-15-11)6-7-16(4)5;1-10(2,3)16-9(15)7-5-13-6(4-14-7)8(11)12;1-10(2,3)15-9(14)8-5-11-7(6-13)4-12-8;1-7-5-12-8(6-11-7)9(13)14-10(2,3)4;7-5(8)3-1-10-4(2-9-3)6(11)12;1-4-2-8-5(3-7-4)6(9)10/h6-9H,1-5H3;4-5,8H,1-3H3;4-6H,1-3H3;5-6H,1-4H3;1-2,5H,(H,11,12);2-3H,1H3,(H,9,10)/b7-6+;;;;;. The first-order valence-electron chi connectivity index (χ1n) is 24.8. The van der Waals surface area contributed by atoms with E-state index < -0.39 is 82.5 Å². The third kappa shape index (κ3) is 32.5.